The summed E-state index contributed by atoms with van der Waals surface area (Å²) in [6, 6.07) is 2.41. The van der Waals surface area contributed by atoms with E-state index in [0.29, 0.717) is 99.2 Å². The number of aromatic hydroxyl groups is 2. The average Bonchev–Trinajstić information content (AvgIpc) is 1.30. The largest absolute Gasteiger partial charge is 0.519 e. The zero-order valence-electron chi connectivity index (χ0n) is 59.5. The van der Waals surface area contributed by atoms with Crippen LogP contribution in [-0.2, 0) is 54.5 Å². The number of nitrogens with zero attached hydrogens (tertiary/aromatic N) is 9. The number of aromatic nitrogens is 2. The number of ether oxygens (including phenoxy) is 1. The van der Waals surface area contributed by atoms with Gasteiger partial charge in [0.1, 0.15) is 23.2 Å². The van der Waals surface area contributed by atoms with E-state index in [-0.39, 0.29) is 125 Å². The predicted octanol–water partition coefficient (Wildman–Crippen LogP) is -0.0493. The predicted molar refractivity (Wildman–Crippen MR) is 372 cm³/mol. The average molecular weight is 1450 g/mol. The molecule has 0 aliphatic heterocycles. The van der Waals surface area contributed by atoms with E-state index in [1.165, 1.54) is 48.8 Å². The maximum Gasteiger partial charge on any atom is 0.519 e. The summed E-state index contributed by atoms with van der Waals surface area (Å²) in [4.78, 5) is 176. The van der Waals surface area contributed by atoms with Gasteiger partial charge in [0.05, 0.1) is 38.2 Å². The molecule has 0 saturated carbocycles. The van der Waals surface area contributed by atoms with Crippen molar-refractivity contribution in [2.75, 3.05) is 155 Å². The molecule has 3 aromatic heterocycles. The summed E-state index contributed by atoms with van der Waals surface area (Å²) in [6.45, 7) is 2.99. The highest BCUT2D eigenvalue weighted by Gasteiger charge is 2.32. The zero-order valence-corrected chi connectivity index (χ0v) is 61.1. The maximum absolute atomic E-state index is 14.3. The molecule has 10 amide bonds. The normalized spacial score (nSPS) is 12.1. The first-order valence-corrected chi connectivity index (χ1v) is 35.4. The molecule has 0 fully saturated rings. The molecule has 0 saturated heterocycles. The number of pyridine rings is 1. The van der Waals surface area contributed by atoms with E-state index in [0.717, 1.165) is 21.9 Å². The Morgan fingerprint density at radius 2 is 1.09 bits per heavy atom. The van der Waals surface area contributed by atoms with E-state index in [9.17, 15) is 67.7 Å². The minimum absolute atomic E-state index is 0.00685. The highest BCUT2D eigenvalue weighted by atomic mass is 33.1. The molecule has 34 nitrogen and oxygen atoms in total. The van der Waals surface area contributed by atoms with Crippen LogP contribution in [-0.4, -0.2) is 292 Å². The molecule has 3 rings (SSSR count). The van der Waals surface area contributed by atoms with Crippen LogP contribution in [0.2, 0.25) is 0 Å². The van der Waals surface area contributed by atoms with Crippen molar-refractivity contribution in [2.45, 2.75) is 120 Å². The van der Waals surface area contributed by atoms with Gasteiger partial charge in [0.25, 0.3) is 5.91 Å². The fraction of sp³-hybridized carbons (Fsp3) is 0.641. The van der Waals surface area contributed by atoms with Crippen molar-refractivity contribution in [3.05, 3.63) is 58.2 Å². The van der Waals surface area contributed by atoms with Gasteiger partial charge in [-0.2, -0.15) is 0 Å². The number of hydrogen-bond acceptors (Lipinski definition) is 25. The molecule has 100 heavy (non-hydrogen) atoms. The molecule has 3 unspecified atom stereocenters. The number of aryl methyl sites for hydroxylation is 1. The van der Waals surface area contributed by atoms with Gasteiger partial charge in [0.2, 0.25) is 59.0 Å². The van der Waals surface area contributed by atoms with Gasteiger partial charge in [-0.3, -0.25) is 43.2 Å². The molecule has 0 aliphatic carbocycles. The molecule has 0 radical (unpaired) electrons. The number of rotatable bonds is 49. The Kier molecular flexibility index (Phi) is 40.1. The van der Waals surface area contributed by atoms with Crippen LogP contribution >= 0.6 is 21.6 Å². The van der Waals surface area contributed by atoms with Gasteiger partial charge in [0, 0.05) is 97.0 Å². The van der Waals surface area contributed by atoms with Gasteiger partial charge in [0.15, 0.2) is 18.1 Å². The topological polar surface area (TPSA) is 415 Å². The van der Waals surface area contributed by atoms with E-state index < -0.39 is 77.8 Å². The molecule has 0 spiro atoms. The second-order valence-electron chi connectivity index (χ2n) is 24.8. The minimum Gasteiger partial charge on any atom is -0.492 e. The van der Waals surface area contributed by atoms with E-state index in [1.807, 2.05) is 0 Å². The van der Waals surface area contributed by atoms with Crippen LogP contribution in [0.25, 0.3) is 0 Å². The van der Waals surface area contributed by atoms with Crippen molar-refractivity contribution in [3.63, 3.8) is 0 Å². The summed E-state index contributed by atoms with van der Waals surface area (Å²) in [5.41, 5.74) is 0.290. The zero-order chi connectivity index (χ0) is 74.3. The number of nitrogens with one attached hydrogen (secondary N) is 7. The third kappa shape index (κ3) is 35.0. The SMILES string of the molecule is Cc1oc(=O)oc1COC(=O)N(C)CCNC(=O)C(CC(=O)On1c(O)ccc1O)N(C)C(=O)CCCCCSSc1ccc(C(=O)N(CCCNC(=O)C(CCCCNC(=O)CN(C)C)NC(=O)CN(C)C)CCCNC(=O)C(CCCCNC(=O)CN(C)C)NC(=O)CN(C)C)cn1. The Morgan fingerprint density at radius 3 is 1.58 bits per heavy atom. The molecule has 0 aliphatic rings. The van der Waals surface area contributed by atoms with Gasteiger partial charge in [-0.05, 0) is 150 Å². The van der Waals surface area contributed by atoms with Gasteiger partial charge >= 0.3 is 17.9 Å². The van der Waals surface area contributed by atoms with Gasteiger partial charge in [-0.1, -0.05) is 17.2 Å². The lowest BCUT2D eigenvalue weighted by atomic mass is 10.1. The number of carbonyl (C=O) groups excluding carboxylic acids is 11. The highest BCUT2D eigenvalue weighted by Crippen LogP contribution is 2.30. The highest BCUT2D eigenvalue weighted by molar-refractivity contribution is 8.76. The van der Waals surface area contributed by atoms with Crippen LogP contribution in [0.15, 0.2) is 49.1 Å². The molecule has 3 heterocycles. The third-order valence-electron chi connectivity index (χ3n) is 14.7. The first kappa shape index (κ1) is 85.8. The number of unbranched alkanes of at least 4 members (excludes halogenated alkanes) is 4. The van der Waals surface area contributed by atoms with Crippen molar-refractivity contribution in [1.82, 2.24) is 81.2 Å². The van der Waals surface area contributed by atoms with E-state index in [4.69, 9.17) is 18.4 Å². The summed E-state index contributed by atoms with van der Waals surface area (Å²) in [7, 11) is 19.8. The van der Waals surface area contributed by atoms with Crippen LogP contribution in [0.4, 0.5) is 4.79 Å². The third-order valence-corrected chi connectivity index (χ3v) is 17.1. The lowest BCUT2D eigenvalue weighted by Crippen LogP contribution is -2.50. The summed E-state index contributed by atoms with van der Waals surface area (Å²) >= 11 is 0. The fourth-order valence-electron chi connectivity index (χ4n) is 9.51. The lowest BCUT2D eigenvalue weighted by Gasteiger charge is -2.27. The van der Waals surface area contributed by atoms with Crippen LogP contribution in [0, 0.1) is 6.92 Å². The van der Waals surface area contributed by atoms with Gasteiger partial charge in [-0.25, -0.2) is 19.4 Å². The number of amides is 10. The minimum atomic E-state index is -1.41. The molecule has 36 heteroatoms. The molecular weight excluding hydrogens is 1340 g/mol. The Hall–Kier alpha value is -8.45. The summed E-state index contributed by atoms with van der Waals surface area (Å²) in [5, 5.41) is 40.4. The van der Waals surface area contributed by atoms with Crippen molar-refractivity contribution in [2.24, 2.45) is 0 Å². The van der Waals surface area contributed by atoms with E-state index in [2.05, 4.69) is 42.2 Å². The van der Waals surface area contributed by atoms with Gasteiger partial charge < -0.3 is 100 Å². The standard InChI is InChI=1S/C64H104N16O18S2/c1-44-49(97-64(94)96-44)43-95-63(93)77(10)35-32-69-61(91)48(37-58(88)98-80-56(86)26-27-57(80)87)78(11)55(85)23-13-12-18-36-99-100-54-25-24-45(38-70-54)62(92)79(33-19-30-67-59(89)46(71-52(83)41-75(6)7)21-14-16-28-65-50(81)39-73(2)3)34-20-31-68-60(90)47(72-53(84)42-76(8)9)22-15-17-29-66-51(82)40-74(4)5/h24-27,38,46-48,86-87H,12-23,28-37,39-43H2,1-11H3,(H,65,81)(H,66,82)(H,67,89)(H,68,90)(H,69,91)(H,71,83)(H,72,84). The first-order chi connectivity index (χ1) is 47.4. The van der Waals surface area contributed by atoms with Crippen molar-refractivity contribution < 1.29 is 81.4 Å². The monoisotopic (exact) mass is 1450 g/mol. The molecule has 3 atom stereocenters. The van der Waals surface area contributed by atoms with E-state index in [1.54, 1.807) is 93.0 Å². The summed E-state index contributed by atoms with van der Waals surface area (Å²) < 4.78 is 15.2. The Labute approximate surface area is 591 Å². The van der Waals surface area contributed by atoms with Crippen LogP contribution in [0.3, 0.4) is 0 Å². The van der Waals surface area contributed by atoms with Crippen LogP contribution < -0.4 is 47.9 Å². The number of likely N-dealkylation sites (N-methyl/N-ethyl adjacent to an activating group) is 6. The second kappa shape index (κ2) is 46.8. The maximum atomic E-state index is 14.3. The Balaban J connectivity index is 1.64. The first-order valence-electron chi connectivity index (χ1n) is 33.1. The molecule has 0 aromatic carbocycles. The van der Waals surface area contributed by atoms with Crippen molar-refractivity contribution >= 4 is 86.8 Å². The summed E-state index contributed by atoms with van der Waals surface area (Å²) in [6.07, 6.45) is 5.22. The molecule has 3 aromatic rings. The van der Waals surface area contributed by atoms with Crippen molar-refractivity contribution in [3.8, 4) is 11.8 Å². The number of carbonyl (C=O) groups is 11. The molecular formula is C64H104N16O18S2. The fourth-order valence-corrected chi connectivity index (χ4v) is 11.5. The van der Waals surface area contributed by atoms with Crippen molar-refractivity contribution in [1.29, 1.82) is 0 Å². The quantitative estimate of drug-likeness (QED) is 0.0264. The number of hydrogen-bond donors (Lipinski definition) is 9. The lowest BCUT2D eigenvalue weighted by molar-refractivity contribution is -0.151. The second-order valence-corrected chi connectivity index (χ2v) is 27.2. The Morgan fingerprint density at radius 1 is 0.580 bits per heavy atom. The Bertz CT molecular complexity index is 3050. The van der Waals surface area contributed by atoms with Gasteiger partial charge in [-0.15, -0.1) is 4.73 Å². The van der Waals surface area contributed by atoms with E-state index >= 15 is 0 Å². The molecule has 0 bridgehead atoms. The molecule has 560 valence electrons. The van der Waals surface area contributed by atoms with Crippen LogP contribution in [0.1, 0.15) is 105 Å². The van der Waals surface area contributed by atoms with Crippen LogP contribution in [0.5, 0.6) is 11.8 Å². The smallest absolute Gasteiger partial charge is 0.492 e. The summed E-state index contributed by atoms with van der Waals surface area (Å²) in [5.74, 6) is -5.69. The molecule has 9 N–H and O–H groups in total.